The van der Waals surface area contributed by atoms with Gasteiger partial charge in [0.15, 0.2) is 5.03 Å². The average molecular weight is 427 g/mol. The van der Waals surface area contributed by atoms with Gasteiger partial charge >= 0.3 is 0 Å². The van der Waals surface area contributed by atoms with Crippen molar-refractivity contribution in [3.63, 3.8) is 0 Å². The highest BCUT2D eigenvalue weighted by molar-refractivity contribution is 7.89. The van der Waals surface area contributed by atoms with E-state index in [1.54, 1.807) is 10.8 Å². The monoisotopic (exact) mass is 426 g/mol. The maximum atomic E-state index is 13.0. The third-order valence-corrected chi connectivity index (χ3v) is 7.33. The molecule has 3 aromatic rings. The molecular formula is C22H26N4O3S. The van der Waals surface area contributed by atoms with E-state index in [-0.39, 0.29) is 23.5 Å². The summed E-state index contributed by atoms with van der Waals surface area (Å²) in [5.41, 5.74) is 0.744. The van der Waals surface area contributed by atoms with Crippen LogP contribution in [0.2, 0.25) is 0 Å². The van der Waals surface area contributed by atoms with Crippen LogP contribution in [0, 0.1) is 5.92 Å². The van der Waals surface area contributed by atoms with Crippen molar-refractivity contribution < 1.29 is 13.2 Å². The van der Waals surface area contributed by atoms with Crippen LogP contribution in [-0.2, 0) is 14.8 Å². The Balaban J connectivity index is 1.51. The lowest BCUT2D eigenvalue weighted by atomic mass is 9.98. The van der Waals surface area contributed by atoms with E-state index in [4.69, 9.17) is 0 Å². The molecule has 2 heterocycles. The van der Waals surface area contributed by atoms with Crippen LogP contribution < -0.4 is 5.32 Å². The van der Waals surface area contributed by atoms with E-state index in [0.29, 0.717) is 19.4 Å². The molecule has 1 aliphatic rings. The topological polar surface area (TPSA) is 84.3 Å². The Morgan fingerprint density at radius 2 is 1.93 bits per heavy atom. The van der Waals surface area contributed by atoms with Crippen LogP contribution in [-0.4, -0.2) is 41.3 Å². The molecular weight excluding hydrogens is 400 g/mol. The summed E-state index contributed by atoms with van der Waals surface area (Å²) in [5, 5.41) is 5.05. The van der Waals surface area contributed by atoms with Gasteiger partial charge < -0.3 is 9.88 Å². The van der Waals surface area contributed by atoms with Crippen LogP contribution >= 0.6 is 0 Å². The summed E-state index contributed by atoms with van der Waals surface area (Å²) in [6.07, 6.45) is 4.38. The number of benzene rings is 2. The lowest BCUT2D eigenvalue weighted by molar-refractivity contribution is -0.120. The quantitative estimate of drug-likeness (QED) is 0.675. The smallest absolute Gasteiger partial charge is 0.262 e. The Bertz CT molecular complexity index is 1160. The fraction of sp³-hybridized carbons (Fsp3) is 0.364. The first kappa shape index (κ1) is 20.6. The molecule has 0 aliphatic carbocycles. The average Bonchev–Trinajstić information content (AvgIpc) is 3.26. The molecule has 0 radical (unpaired) electrons. The predicted octanol–water partition coefficient (Wildman–Crippen LogP) is 3.66. The van der Waals surface area contributed by atoms with Gasteiger partial charge in [0, 0.05) is 36.4 Å². The van der Waals surface area contributed by atoms with Gasteiger partial charge in [-0.3, -0.25) is 4.79 Å². The summed E-state index contributed by atoms with van der Waals surface area (Å²) in [6.45, 7) is 4.49. The van der Waals surface area contributed by atoms with Crippen molar-refractivity contribution in [2.75, 3.05) is 18.4 Å². The first-order valence-electron chi connectivity index (χ1n) is 10.2. The Morgan fingerprint density at radius 1 is 1.17 bits per heavy atom. The van der Waals surface area contributed by atoms with Gasteiger partial charge in [-0.1, -0.05) is 36.4 Å². The summed E-state index contributed by atoms with van der Waals surface area (Å²) in [6, 6.07) is 13.8. The van der Waals surface area contributed by atoms with Crippen LogP contribution in [0.15, 0.2) is 60.0 Å². The van der Waals surface area contributed by atoms with Gasteiger partial charge in [-0.15, -0.1) is 0 Å². The number of anilines is 1. The molecule has 1 aromatic heterocycles. The van der Waals surface area contributed by atoms with E-state index in [9.17, 15) is 13.2 Å². The normalized spacial score (nSPS) is 18.0. The highest BCUT2D eigenvalue weighted by atomic mass is 32.2. The van der Waals surface area contributed by atoms with Crippen molar-refractivity contribution in [3.8, 4) is 0 Å². The second-order valence-corrected chi connectivity index (χ2v) is 9.86. The van der Waals surface area contributed by atoms with E-state index >= 15 is 0 Å². The fourth-order valence-corrected chi connectivity index (χ4v) is 5.26. The third kappa shape index (κ3) is 3.97. The van der Waals surface area contributed by atoms with Crippen LogP contribution in [0.3, 0.4) is 0 Å². The third-order valence-electron chi connectivity index (χ3n) is 5.58. The Labute approximate surface area is 176 Å². The number of imidazole rings is 1. The molecule has 1 saturated heterocycles. The largest absolute Gasteiger partial charge is 0.334 e. The fourth-order valence-electron chi connectivity index (χ4n) is 3.81. The number of nitrogens with zero attached hydrogens (tertiary/aromatic N) is 3. The van der Waals surface area contributed by atoms with Gasteiger partial charge in [-0.05, 0) is 38.1 Å². The molecule has 30 heavy (non-hydrogen) atoms. The number of aromatic nitrogens is 2. The van der Waals surface area contributed by atoms with E-state index in [1.165, 1.54) is 10.6 Å². The molecule has 1 amide bonds. The van der Waals surface area contributed by atoms with Crippen LogP contribution in [0.4, 0.5) is 5.69 Å². The van der Waals surface area contributed by atoms with Gasteiger partial charge in [0.05, 0.1) is 12.2 Å². The number of rotatable bonds is 5. The predicted molar refractivity (Wildman–Crippen MR) is 117 cm³/mol. The molecule has 158 valence electrons. The molecule has 0 saturated carbocycles. The van der Waals surface area contributed by atoms with E-state index in [1.807, 2.05) is 56.3 Å². The SMILES string of the molecule is CC(C)n1cnc(S(=O)(=O)N2CCCC(C(=O)Nc3cccc4ccccc34)C2)c1. The Kier molecular flexibility index (Phi) is 5.62. The molecule has 8 heteroatoms. The molecule has 0 bridgehead atoms. The lowest BCUT2D eigenvalue weighted by Crippen LogP contribution is -2.43. The molecule has 4 rings (SSSR count). The number of carbonyl (C=O) groups excluding carboxylic acids is 1. The van der Waals surface area contributed by atoms with Crippen LogP contribution in [0.25, 0.3) is 10.8 Å². The van der Waals surface area contributed by atoms with Crippen LogP contribution in [0.1, 0.15) is 32.7 Å². The van der Waals surface area contributed by atoms with Gasteiger partial charge in [-0.25, -0.2) is 13.4 Å². The summed E-state index contributed by atoms with van der Waals surface area (Å²) in [4.78, 5) is 17.1. The van der Waals surface area contributed by atoms with Gasteiger partial charge in [0.25, 0.3) is 10.0 Å². The molecule has 1 fully saturated rings. The minimum absolute atomic E-state index is 0.0336. The van der Waals surface area contributed by atoms with Crippen molar-refractivity contribution in [1.82, 2.24) is 13.9 Å². The number of hydrogen-bond donors (Lipinski definition) is 1. The zero-order valence-corrected chi connectivity index (χ0v) is 18.0. The standard InChI is InChI=1S/C22H26N4O3S/c1-16(2)25-14-21(23-15-25)30(28,29)26-12-6-9-18(13-26)22(27)24-20-11-5-8-17-7-3-4-10-19(17)20/h3-5,7-8,10-11,14-16,18H,6,9,12-13H2,1-2H3,(H,24,27). The minimum Gasteiger partial charge on any atom is -0.334 e. The highest BCUT2D eigenvalue weighted by Crippen LogP contribution is 2.27. The number of fused-ring (bicyclic) bond motifs is 1. The van der Waals surface area contributed by atoms with Crippen molar-refractivity contribution in [3.05, 3.63) is 55.0 Å². The first-order chi connectivity index (χ1) is 14.4. The molecule has 1 atom stereocenters. The van der Waals surface area contributed by atoms with Gasteiger partial charge in [0.2, 0.25) is 5.91 Å². The molecule has 1 aliphatic heterocycles. The molecule has 2 aromatic carbocycles. The zero-order chi connectivity index (χ0) is 21.3. The number of amides is 1. The van der Waals surface area contributed by atoms with E-state index in [0.717, 1.165) is 16.5 Å². The summed E-state index contributed by atoms with van der Waals surface area (Å²) in [5.74, 6) is -0.557. The highest BCUT2D eigenvalue weighted by Gasteiger charge is 2.34. The van der Waals surface area contributed by atoms with Crippen molar-refractivity contribution in [1.29, 1.82) is 0 Å². The number of sulfonamides is 1. The van der Waals surface area contributed by atoms with Crippen molar-refractivity contribution in [2.45, 2.75) is 37.8 Å². The second-order valence-electron chi connectivity index (χ2n) is 7.97. The van der Waals surface area contributed by atoms with Gasteiger partial charge in [0.1, 0.15) is 0 Å². The number of piperidine rings is 1. The Hall–Kier alpha value is -2.71. The summed E-state index contributed by atoms with van der Waals surface area (Å²) in [7, 11) is -3.73. The Morgan fingerprint density at radius 3 is 2.70 bits per heavy atom. The van der Waals surface area contributed by atoms with Gasteiger partial charge in [-0.2, -0.15) is 4.31 Å². The summed E-state index contributed by atoms with van der Waals surface area (Å²) >= 11 is 0. The zero-order valence-electron chi connectivity index (χ0n) is 17.2. The minimum atomic E-state index is -3.73. The maximum absolute atomic E-state index is 13.0. The van der Waals surface area contributed by atoms with Crippen molar-refractivity contribution in [2.24, 2.45) is 5.92 Å². The van der Waals surface area contributed by atoms with E-state index in [2.05, 4.69) is 10.3 Å². The molecule has 0 spiro atoms. The maximum Gasteiger partial charge on any atom is 0.262 e. The molecule has 7 nitrogen and oxygen atoms in total. The number of carbonyl (C=O) groups is 1. The van der Waals surface area contributed by atoms with Crippen LogP contribution in [0.5, 0.6) is 0 Å². The van der Waals surface area contributed by atoms with E-state index < -0.39 is 15.9 Å². The van der Waals surface area contributed by atoms with Crippen molar-refractivity contribution >= 4 is 32.4 Å². The molecule has 1 N–H and O–H groups in total. The number of hydrogen-bond acceptors (Lipinski definition) is 4. The number of nitrogens with one attached hydrogen (secondary N) is 1. The molecule has 1 unspecified atom stereocenters. The summed E-state index contributed by atoms with van der Waals surface area (Å²) < 4.78 is 29.2. The first-order valence-corrected chi connectivity index (χ1v) is 11.6. The lowest BCUT2D eigenvalue weighted by Gasteiger charge is -2.30. The second kappa shape index (κ2) is 8.20.